The van der Waals surface area contributed by atoms with Crippen LogP contribution < -0.4 is 9.47 Å². The van der Waals surface area contributed by atoms with E-state index in [9.17, 15) is 0 Å². The van der Waals surface area contributed by atoms with Gasteiger partial charge in [0.2, 0.25) is 0 Å². The van der Waals surface area contributed by atoms with Gasteiger partial charge in [0.25, 0.3) is 0 Å². The standard InChI is InChI=1S/C30H35NO2.H2O4S/c1-22(2)30(26-13-8-6-11-24(26)25-12-7-9-14-27(25)30)18-10-19-31(3)20-17-23-15-16-28(32-4)29(21-23)33-5;1-5(2,3)4/h6-16,18,21-22H,17,19-20H2,1-5H3;(H2,1,2,3,4)/b18-10+;. The minimum absolute atomic E-state index is 0.0859. The van der Waals surface area contributed by atoms with Crippen molar-refractivity contribution >= 4 is 10.4 Å². The molecule has 0 aromatic heterocycles. The number of hydrogen-bond donors (Lipinski definition) is 2. The van der Waals surface area contributed by atoms with Crippen molar-refractivity contribution < 1.29 is 27.0 Å². The van der Waals surface area contributed by atoms with Gasteiger partial charge in [0.1, 0.15) is 0 Å². The van der Waals surface area contributed by atoms with E-state index in [1.807, 2.05) is 6.07 Å². The molecule has 8 heteroatoms. The second kappa shape index (κ2) is 12.6. The van der Waals surface area contributed by atoms with Crippen LogP contribution in [0.1, 0.15) is 30.5 Å². The fourth-order valence-corrected chi connectivity index (χ4v) is 5.16. The van der Waals surface area contributed by atoms with E-state index in [-0.39, 0.29) is 5.41 Å². The molecule has 204 valence electrons. The molecule has 0 amide bonds. The van der Waals surface area contributed by atoms with Crippen LogP contribution in [0.5, 0.6) is 11.5 Å². The van der Waals surface area contributed by atoms with Gasteiger partial charge in [-0.05, 0) is 59.3 Å². The molecule has 2 N–H and O–H groups in total. The Kier molecular flexibility index (Phi) is 9.73. The van der Waals surface area contributed by atoms with Crippen molar-refractivity contribution in [3.63, 3.8) is 0 Å². The largest absolute Gasteiger partial charge is 0.493 e. The third-order valence-electron chi connectivity index (χ3n) is 6.97. The van der Waals surface area contributed by atoms with Crippen LogP contribution in [-0.2, 0) is 22.2 Å². The minimum Gasteiger partial charge on any atom is -0.493 e. The lowest BCUT2D eigenvalue weighted by Gasteiger charge is -2.33. The lowest BCUT2D eigenvalue weighted by Crippen LogP contribution is -2.30. The summed E-state index contributed by atoms with van der Waals surface area (Å²) in [5.74, 6) is 2.01. The van der Waals surface area contributed by atoms with Crippen LogP contribution in [0.4, 0.5) is 0 Å². The summed E-state index contributed by atoms with van der Waals surface area (Å²) in [5.41, 5.74) is 6.75. The maximum absolute atomic E-state index is 8.74. The molecule has 0 atom stereocenters. The molecule has 0 spiro atoms. The highest BCUT2D eigenvalue weighted by molar-refractivity contribution is 7.79. The first-order valence-corrected chi connectivity index (χ1v) is 13.9. The maximum Gasteiger partial charge on any atom is 0.394 e. The highest BCUT2D eigenvalue weighted by atomic mass is 32.3. The van der Waals surface area contributed by atoms with Crippen molar-refractivity contribution in [2.75, 3.05) is 34.4 Å². The Hall–Kier alpha value is -3.17. The van der Waals surface area contributed by atoms with Crippen LogP contribution in [0.2, 0.25) is 0 Å². The number of ether oxygens (including phenoxy) is 2. The Morgan fingerprint density at radius 3 is 1.92 bits per heavy atom. The lowest BCUT2D eigenvalue weighted by molar-refractivity contribution is 0.353. The van der Waals surface area contributed by atoms with Crippen LogP contribution >= 0.6 is 0 Å². The van der Waals surface area contributed by atoms with Gasteiger partial charge in [-0.2, -0.15) is 8.42 Å². The Morgan fingerprint density at radius 2 is 1.42 bits per heavy atom. The predicted molar refractivity (Wildman–Crippen MR) is 152 cm³/mol. The molecule has 1 aliphatic carbocycles. The van der Waals surface area contributed by atoms with E-state index in [1.165, 1.54) is 27.8 Å². The van der Waals surface area contributed by atoms with E-state index in [0.717, 1.165) is 31.0 Å². The summed E-state index contributed by atoms with van der Waals surface area (Å²) in [4.78, 5) is 2.37. The molecule has 0 unspecified atom stereocenters. The molecule has 0 radical (unpaired) electrons. The summed E-state index contributed by atoms with van der Waals surface area (Å²) in [6.45, 7) is 6.56. The molecule has 0 heterocycles. The van der Waals surface area contributed by atoms with Crippen LogP contribution in [0.25, 0.3) is 11.1 Å². The van der Waals surface area contributed by atoms with Gasteiger partial charge >= 0.3 is 10.4 Å². The highest BCUT2D eigenvalue weighted by Gasteiger charge is 2.43. The first-order valence-electron chi connectivity index (χ1n) is 12.5. The minimum atomic E-state index is -4.67. The predicted octanol–water partition coefficient (Wildman–Crippen LogP) is 5.70. The molecule has 0 saturated carbocycles. The molecule has 0 bridgehead atoms. The summed E-state index contributed by atoms with van der Waals surface area (Å²) in [6.07, 6.45) is 5.77. The molecule has 3 aromatic rings. The van der Waals surface area contributed by atoms with E-state index < -0.39 is 10.4 Å². The molecular weight excluding hydrogens is 502 g/mol. The molecule has 4 rings (SSSR count). The summed E-state index contributed by atoms with van der Waals surface area (Å²) in [5, 5.41) is 0. The van der Waals surface area contributed by atoms with E-state index in [0.29, 0.717) is 5.92 Å². The number of hydrogen-bond acceptors (Lipinski definition) is 5. The second-order valence-electron chi connectivity index (χ2n) is 9.67. The van der Waals surface area contributed by atoms with Gasteiger partial charge in [0.05, 0.1) is 14.2 Å². The average Bonchev–Trinajstić information content (AvgIpc) is 3.17. The number of benzene rings is 3. The molecule has 7 nitrogen and oxygen atoms in total. The Balaban J connectivity index is 0.000000732. The summed E-state index contributed by atoms with van der Waals surface area (Å²) in [6, 6.07) is 24.0. The normalized spacial score (nSPS) is 13.7. The topological polar surface area (TPSA) is 96.3 Å². The van der Waals surface area contributed by atoms with Crippen molar-refractivity contribution in [3.05, 3.63) is 95.6 Å². The van der Waals surface area contributed by atoms with Crippen LogP contribution in [0.3, 0.4) is 0 Å². The first kappa shape index (κ1) is 29.4. The zero-order valence-electron chi connectivity index (χ0n) is 22.6. The van der Waals surface area contributed by atoms with Gasteiger partial charge in [0.15, 0.2) is 11.5 Å². The monoisotopic (exact) mass is 539 g/mol. The quantitative estimate of drug-likeness (QED) is 0.266. The summed E-state index contributed by atoms with van der Waals surface area (Å²) in [7, 11) is 0.870. The zero-order chi connectivity index (χ0) is 27.9. The van der Waals surface area contributed by atoms with Crippen molar-refractivity contribution in [2.24, 2.45) is 5.92 Å². The van der Waals surface area contributed by atoms with Gasteiger partial charge in [-0.1, -0.05) is 80.6 Å². The molecule has 1 aliphatic rings. The number of allylic oxidation sites excluding steroid dienone is 1. The van der Waals surface area contributed by atoms with Crippen molar-refractivity contribution in [1.29, 1.82) is 0 Å². The Labute approximate surface area is 226 Å². The van der Waals surface area contributed by atoms with Crippen molar-refractivity contribution in [1.82, 2.24) is 4.90 Å². The van der Waals surface area contributed by atoms with Crippen molar-refractivity contribution in [3.8, 4) is 22.6 Å². The van der Waals surface area contributed by atoms with E-state index >= 15 is 0 Å². The van der Waals surface area contributed by atoms with Gasteiger partial charge in [-0.15, -0.1) is 0 Å². The number of nitrogens with zero attached hydrogens (tertiary/aromatic N) is 1. The number of methoxy groups -OCH3 is 2. The average molecular weight is 540 g/mol. The highest BCUT2D eigenvalue weighted by Crippen LogP contribution is 2.53. The number of rotatable bonds is 9. The third-order valence-corrected chi connectivity index (χ3v) is 6.97. The second-order valence-corrected chi connectivity index (χ2v) is 10.6. The van der Waals surface area contributed by atoms with E-state index in [2.05, 4.69) is 98.6 Å². The molecule has 38 heavy (non-hydrogen) atoms. The van der Waals surface area contributed by atoms with Gasteiger partial charge in [0, 0.05) is 18.5 Å². The fraction of sp³-hybridized carbons (Fsp3) is 0.333. The van der Waals surface area contributed by atoms with Crippen LogP contribution in [-0.4, -0.2) is 56.8 Å². The van der Waals surface area contributed by atoms with Crippen LogP contribution in [0.15, 0.2) is 78.9 Å². The third kappa shape index (κ3) is 6.82. The summed E-state index contributed by atoms with van der Waals surface area (Å²) < 4.78 is 42.4. The lowest BCUT2D eigenvalue weighted by atomic mass is 9.69. The van der Waals surface area contributed by atoms with Crippen LogP contribution in [0, 0.1) is 5.92 Å². The summed E-state index contributed by atoms with van der Waals surface area (Å²) >= 11 is 0. The number of fused-ring (bicyclic) bond motifs is 3. The van der Waals surface area contributed by atoms with Gasteiger partial charge in [-0.25, -0.2) is 0 Å². The maximum atomic E-state index is 8.74. The Morgan fingerprint density at radius 1 is 0.895 bits per heavy atom. The fourth-order valence-electron chi connectivity index (χ4n) is 5.16. The SMILES string of the molecule is COc1ccc(CCN(C)C/C=C/C2(C(C)C)c3ccccc3-c3ccccc32)cc1OC.O=S(=O)(O)O. The Bertz CT molecular complexity index is 1310. The number of likely N-dealkylation sites (N-methyl/N-ethyl adjacent to an activating group) is 1. The molecule has 0 fully saturated rings. The van der Waals surface area contributed by atoms with Gasteiger partial charge in [-0.3, -0.25) is 9.11 Å². The molecule has 3 aromatic carbocycles. The van der Waals surface area contributed by atoms with E-state index in [1.54, 1.807) is 14.2 Å². The zero-order valence-corrected chi connectivity index (χ0v) is 23.4. The van der Waals surface area contributed by atoms with E-state index in [4.69, 9.17) is 27.0 Å². The van der Waals surface area contributed by atoms with Crippen molar-refractivity contribution in [2.45, 2.75) is 25.7 Å². The molecule has 0 saturated heterocycles. The molecular formula is C30H37NO6S. The van der Waals surface area contributed by atoms with Gasteiger partial charge < -0.3 is 14.4 Å². The first-order chi connectivity index (χ1) is 18.0. The molecule has 0 aliphatic heterocycles. The smallest absolute Gasteiger partial charge is 0.394 e.